The van der Waals surface area contributed by atoms with E-state index in [0.29, 0.717) is 11.1 Å². The van der Waals surface area contributed by atoms with Gasteiger partial charge in [-0.05, 0) is 25.1 Å². The molecule has 4 heteroatoms. The number of carbonyl (C=O) groups is 1. The Bertz CT molecular complexity index is 508. The van der Waals surface area contributed by atoms with Gasteiger partial charge in [0.15, 0.2) is 0 Å². The summed E-state index contributed by atoms with van der Waals surface area (Å²) in [6.45, 7) is 1.85. The molecule has 1 aromatic carbocycles. The second-order valence-corrected chi connectivity index (χ2v) is 3.08. The van der Waals surface area contributed by atoms with E-state index in [0.717, 1.165) is 11.2 Å². The average Bonchev–Trinajstić information content (AvgIpc) is 2.16. The van der Waals surface area contributed by atoms with Gasteiger partial charge >= 0.3 is 0 Å². The van der Waals surface area contributed by atoms with Gasteiger partial charge < -0.3 is 5.73 Å². The Morgan fingerprint density at radius 3 is 2.86 bits per heavy atom. The molecule has 1 aromatic heterocycles. The molecule has 0 saturated heterocycles. The van der Waals surface area contributed by atoms with Crippen molar-refractivity contribution in [1.29, 1.82) is 0 Å². The molecule has 0 unspecified atom stereocenters. The van der Waals surface area contributed by atoms with Crippen molar-refractivity contribution in [2.45, 2.75) is 6.92 Å². The summed E-state index contributed by atoms with van der Waals surface area (Å²) >= 11 is 0. The molecular weight excluding hydrogens is 178 g/mol. The Morgan fingerprint density at radius 2 is 2.14 bits per heavy atom. The van der Waals surface area contributed by atoms with Crippen molar-refractivity contribution >= 4 is 16.9 Å². The summed E-state index contributed by atoms with van der Waals surface area (Å²) in [7, 11) is 0. The van der Waals surface area contributed by atoms with E-state index < -0.39 is 5.91 Å². The first-order valence-corrected chi connectivity index (χ1v) is 4.20. The number of nitrogens with zero attached hydrogens (tertiary/aromatic N) is 2. The van der Waals surface area contributed by atoms with E-state index in [-0.39, 0.29) is 0 Å². The molecule has 0 fully saturated rings. The fourth-order valence-corrected chi connectivity index (χ4v) is 1.26. The predicted molar refractivity (Wildman–Crippen MR) is 52.8 cm³/mol. The number of aryl methyl sites for hydroxylation is 1. The Balaban J connectivity index is 2.69. The van der Waals surface area contributed by atoms with Crippen LogP contribution in [-0.2, 0) is 0 Å². The van der Waals surface area contributed by atoms with Crippen molar-refractivity contribution in [2.75, 3.05) is 0 Å². The maximum atomic E-state index is 10.9. The fraction of sp³-hybridized carbons (Fsp3) is 0.100. The summed E-state index contributed by atoms with van der Waals surface area (Å²) in [5.74, 6) is -0.449. The van der Waals surface area contributed by atoms with Gasteiger partial charge in [-0.15, -0.1) is 0 Å². The summed E-state index contributed by atoms with van der Waals surface area (Å²) in [5.41, 5.74) is 7.89. The highest BCUT2D eigenvalue weighted by molar-refractivity contribution is 5.96. The Hall–Kier alpha value is -1.97. The van der Waals surface area contributed by atoms with E-state index in [1.165, 1.54) is 0 Å². The lowest BCUT2D eigenvalue weighted by molar-refractivity contribution is 0.100. The Kier molecular flexibility index (Phi) is 1.89. The third-order valence-corrected chi connectivity index (χ3v) is 1.95. The van der Waals surface area contributed by atoms with Gasteiger partial charge in [0.25, 0.3) is 0 Å². The summed E-state index contributed by atoms with van der Waals surface area (Å²) in [6, 6.07) is 5.04. The second kappa shape index (κ2) is 3.06. The third kappa shape index (κ3) is 1.42. The summed E-state index contributed by atoms with van der Waals surface area (Å²) < 4.78 is 0. The van der Waals surface area contributed by atoms with E-state index in [2.05, 4.69) is 9.97 Å². The largest absolute Gasteiger partial charge is 0.366 e. The van der Waals surface area contributed by atoms with Crippen LogP contribution in [0, 0.1) is 6.92 Å². The maximum Gasteiger partial charge on any atom is 0.248 e. The number of carbonyl (C=O) groups excluding carboxylic acids is 1. The van der Waals surface area contributed by atoms with Crippen LogP contribution in [0.3, 0.4) is 0 Å². The van der Waals surface area contributed by atoms with Gasteiger partial charge in [-0.1, -0.05) is 0 Å². The molecule has 1 heterocycles. The molecule has 2 aromatic rings. The minimum Gasteiger partial charge on any atom is -0.366 e. The van der Waals surface area contributed by atoms with Crippen molar-refractivity contribution in [2.24, 2.45) is 5.73 Å². The van der Waals surface area contributed by atoms with Crippen LogP contribution in [0.2, 0.25) is 0 Å². The predicted octanol–water partition coefficient (Wildman–Crippen LogP) is 1.04. The minimum absolute atomic E-state index is 0.449. The lowest BCUT2D eigenvalue weighted by Gasteiger charge is -1.99. The third-order valence-electron chi connectivity index (χ3n) is 1.95. The molecular formula is C10H9N3O. The molecule has 1 amide bonds. The number of fused-ring (bicyclic) bond motifs is 1. The van der Waals surface area contributed by atoms with E-state index in [1.54, 1.807) is 24.4 Å². The van der Waals surface area contributed by atoms with Gasteiger partial charge in [0.1, 0.15) is 0 Å². The van der Waals surface area contributed by atoms with Crippen LogP contribution >= 0.6 is 0 Å². The van der Waals surface area contributed by atoms with Gasteiger partial charge in [0.2, 0.25) is 5.91 Å². The number of hydrogen-bond acceptors (Lipinski definition) is 3. The van der Waals surface area contributed by atoms with Crippen LogP contribution in [0.15, 0.2) is 24.4 Å². The molecule has 2 rings (SSSR count). The first-order chi connectivity index (χ1) is 6.66. The normalized spacial score (nSPS) is 10.4. The molecule has 2 N–H and O–H groups in total. The molecule has 0 aliphatic heterocycles. The summed E-state index contributed by atoms with van der Waals surface area (Å²) in [5, 5.41) is 0. The first kappa shape index (κ1) is 8.62. The lowest BCUT2D eigenvalue weighted by atomic mass is 10.2. The van der Waals surface area contributed by atoms with Crippen LogP contribution in [-0.4, -0.2) is 15.9 Å². The molecule has 70 valence electrons. The smallest absolute Gasteiger partial charge is 0.248 e. The molecule has 0 saturated carbocycles. The van der Waals surface area contributed by atoms with Crippen molar-refractivity contribution < 1.29 is 4.79 Å². The van der Waals surface area contributed by atoms with Gasteiger partial charge in [-0.25, -0.2) is 4.98 Å². The monoisotopic (exact) mass is 187 g/mol. The highest BCUT2D eigenvalue weighted by atomic mass is 16.1. The van der Waals surface area contributed by atoms with Crippen LogP contribution < -0.4 is 5.73 Å². The van der Waals surface area contributed by atoms with Crippen molar-refractivity contribution in [3.63, 3.8) is 0 Å². The number of nitrogens with two attached hydrogens (primary N) is 1. The molecule has 0 bridgehead atoms. The van der Waals surface area contributed by atoms with Crippen LogP contribution in [0.1, 0.15) is 16.1 Å². The van der Waals surface area contributed by atoms with Gasteiger partial charge in [-0.2, -0.15) is 0 Å². The average molecular weight is 187 g/mol. The standard InChI is InChI=1S/C10H9N3O/c1-6-5-12-8-3-2-7(10(11)14)4-9(8)13-6/h2-5H,1H3,(H2,11,14). The van der Waals surface area contributed by atoms with Crippen molar-refractivity contribution in [1.82, 2.24) is 9.97 Å². The van der Waals surface area contributed by atoms with Gasteiger partial charge in [0, 0.05) is 11.8 Å². The topological polar surface area (TPSA) is 68.9 Å². The highest BCUT2D eigenvalue weighted by Crippen LogP contribution is 2.11. The molecule has 0 aliphatic carbocycles. The lowest BCUT2D eigenvalue weighted by Crippen LogP contribution is -2.10. The van der Waals surface area contributed by atoms with E-state index >= 15 is 0 Å². The first-order valence-electron chi connectivity index (χ1n) is 4.20. The zero-order valence-electron chi connectivity index (χ0n) is 7.69. The molecule has 0 radical (unpaired) electrons. The maximum absolute atomic E-state index is 10.9. The van der Waals surface area contributed by atoms with Gasteiger partial charge in [0.05, 0.1) is 16.7 Å². The van der Waals surface area contributed by atoms with E-state index in [9.17, 15) is 4.79 Å². The Labute approximate surface area is 80.8 Å². The van der Waals surface area contributed by atoms with Crippen molar-refractivity contribution in [3.05, 3.63) is 35.7 Å². The number of amides is 1. The van der Waals surface area contributed by atoms with Crippen LogP contribution in [0.25, 0.3) is 11.0 Å². The number of aromatic nitrogens is 2. The molecule has 14 heavy (non-hydrogen) atoms. The number of hydrogen-bond donors (Lipinski definition) is 1. The second-order valence-electron chi connectivity index (χ2n) is 3.08. The zero-order valence-corrected chi connectivity index (χ0v) is 7.69. The quantitative estimate of drug-likeness (QED) is 0.725. The van der Waals surface area contributed by atoms with Crippen LogP contribution in [0.5, 0.6) is 0 Å². The number of primary amides is 1. The van der Waals surface area contributed by atoms with Crippen molar-refractivity contribution in [3.8, 4) is 0 Å². The SMILES string of the molecule is Cc1cnc2ccc(C(N)=O)cc2n1. The summed E-state index contributed by atoms with van der Waals surface area (Å²) in [6.07, 6.45) is 1.69. The van der Waals surface area contributed by atoms with Crippen LogP contribution in [0.4, 0.5) is 0 Å². The molecule has 0 spiro atoms. The van der Waals surface area contributed by atoms with Gasteiger partial charge in [-0.3, -0.25) is 9.78 Å². The zero-order chi connectivity index (χ0) is 10.1. The molecule has 4 nitrogen and oxygen atoms in total. The highest BCUT2D eigenvalue weighted by Gasteiger charge is 2.02. The number of benzene rings is 1. The van der Waals surface area contributed by atoms with E-state index in [1.807, 2.05) is 6.92 Å². The number of rotatable bonds is 1. The minimum atomic E-state index is -0.449. The van der Waals surface area contributed by atoms with E-state index in [4.69, 9.17) is 5.73 Å². The Morgan fingerprint density at radius 1 is 1.36 bits per heavy atom. The fourth-order valence-electron chi connectivity index (χ4n) is 1.26. The summed E-state index contributed by atoms with van der Waals surface area (Å²) in [4.78, 5) is 19.3. The molecule has 0 aliphatic rings. The molecule has 0 atom stereocenters.